The summed E-state index contributed by atoms with van der Waals surface area (Å²) in [5.41, 5.74) is 1.50. The molecule has 0 saturated heterocycles. The summed E-state index contributed by atoms with van der Waals surface area (Å²) in [6, 6.07) is 3.07. The van der Waals surface area contributed by atoms with E-state index < -0.39 is 5.97 Å². The van der Waals surface area contributed by atoms with E-state index in [0.717, 1.165) is 18.7 Å². The second-order valence-electron chi connectivity index (χ2n) is 6.39. The number of halogens is 1. The Labute approximate surface area is 155 Å². The van der Waals surface area contributed by atoms with E-state index in [4.69, 9.17) is 16.3 Å². The van der Waals surface area contributed by atoms with Gasteiger partial charge in [-0.1, -0.05) is 18.5 Å². The molecule has 1 amide bonds. The van der Waals surface area contributed by atoms with Crippen molar-refractivity contribution in [2.45, 2.75) is 47.1 Å². The van der Waals surface area contributed by atoms with Crippen LogP contribution in [0.4, 0.5) is 5.69 Å². The second kappa shape index (κ2) is 9.20. The van der Waals surface area contributed by atoms with Crippen molar-refractivity contribution in [3.63, 3.8) is 0 Å². The monoisotopic (exact) mass is 369 g/mol. The van der Waals surface area contributed by atoms with Crippen LogP contribution in [0.15, 0.2) is 12.1 Å². The normalized spacial score (nSPS) is 12.6. The average molecular weight is 370 g/mol. The molecule has 0 aliphatic rings. The van der Waals surface area contributed by atoms with E-state index in [1.54, 1.807) is 13.0 Å². The van der Waals surface area contributed by atoms with Crippen LogP contribution in [0.25, 0.3) is 0 Å². The van der Waals surface area contributed by atoms with Gasteiger partial charge in [0.15, 0.2) is 6.04 Å². The quantitative estimate of drug-likeness (QED) is 0.556. The first-order chi connectivity index (χ1) is 11.7. The van der Waals surface area contributed by atoms with Crippen LogP contribution in [0, 0.1) is 6.92 Å². The molecule has 0 aliphatic carbocycles. The molecule has 0 aromatic heterocycles. The minimum Gasteiger partial charge on any atom is -0.462 e. The number of likely N-dealkylation sites (N-methyl/N-ethyl adjacent to an activating group) is 1. The summed E-state index contributed by atoms with van der Waals surface area (Å²) in [7, 11) is 2.08. The Hall–Kier alpha value is -1.59. The molecule has 1 N–H and O–H groups in total. The van der Waals surface area contributed by atoms with Crippen molar-refractivity contribution >= 4 is 29.2 Å². The fraction of sp³-hybridized carbons (Fsp3) is 0.579. The van der Waals surface area contributed by atoms with Crippen molar-refractivity contribution in [3.8, 4) is 0 Å². The summed E-state index contributed by atoms with van der Waals surface area (Å²) in [5, 5.41) is 3.39. The molecular weight excluding hydrogens is 340 g/mol. The third-order valence-corrected chi connectivity index (χ3v) is 5.15. The van der Waals surface area contributed by atoms with Crippen molar-refractivity contribution in [2.24, 2.45) is 0 Å². The van der Waals surface area contributed by atoms with Crippen LogP contribution >= 0.6 is 11.6 Å². The molecular formula is C19H30ClN2O3+. The number of rotatable bonds is 8. The second-order valence-corrected chi connectivity index (χ2v) is 6.83. The summed E-state index contributed by atoms with van der Waals surface area (Å²) in [6.45, 7) is 11.7. The summed E-state index contributed by atoms with van der Waals surface area (Å²) in [4.78, 5) is 25.2. The highest BCUT2D eigenvalue weighted by Gasteiger charge is 2.35. The highest BCUT2D eigenvalue weighted by Crippen LogP contribution is 2.27. The minimum absolute atomic E-state index is 0.0929. The van der Waals surface area contributed by atoms with E-state index in [2.05, 4.69) is 26.2 Å². The zero-order chi connectivity index (χ0) is 19.2. The van der Waals surface area contributed by atoms with Gasteiger partial charge in [-0.25, -0.2) is 4.79 Å². The molecule has 0 bridgehead atoms. The van der Waals surface area contributed by atoms with Gasteiger partial charge in [-0.15, -0.1) is 0 Å². The van der Waals surface area contributed by atoms with Crippen molar-refractivity contribution in [3.05, 3.63) is 28.3 Å². The average Bonchev–Trinajstić information content (AvgIpc) is 2.57. The maximum absolute atomic E-state index is 13.0. The molecule has 5 nitrogen and oxygen atoms in total. The third-order valence-electron chi connectivity index (χ3n) is 4.93. The number of amides is 1. The molecule has 140 valence electrons. The topological polar surface area (TPSA) is 55.4 Å². The lowest BCUT2D eigenvalue weighted by atomic mass is 10.1. The molecule has 0 aliphatic heterocycles. The lowest BCUT2D eigenvalue weighted by molar-refractivity contribution is -0.921. The lowest BCUT2D eigenvalue weighted by Crippen LogP contribution is -2.56. The molecule has 6 heteroatoms. The Morgan fingerprint density at radius 2 is 1.80 bits per heavy atom. The van der Waals surface area contributed by atoms with Crippen LogP contribution in [0.1, 0.15) is 50.0 Å². The van der Waals surface area contributed by atoms with Crippen molar-refractivity contribution in [1.82, 2.24) is 0 Å². The molecule has 0 radical (unpaired) electrons. The number of hydrogen-bond donors (Lipinski definition) is 1. The first-order valence-corrected chi connectivity index (χ1v) is 9.24. The highest BCUT2D eigenvalue weighted by molar-refractivity contribution is 6.31. The van der Waals surface area contributed by atoms with Crippen LogP contribution < -0.4 is 5.32 Å². The Kier molecular flexibility index (Phi) is 7.90. The van der Waals surface area contributed by atoms with Crippen LogP contribution in [0.5, 0.6) is 0 Å². The van der Waals surface area contributed by atoms with Crippen molar-refractivity contribution in [1.29, 1.82) is 0 Å². The summed E-state index contributed by atoms with van der Waals surface area (Å²) >= 11 is 6.09. The maximum atomic E-state index is 13.0. The molecule has 0 saturated carbocycles. The number of anilines is 1. The number of aryl methyl sites for hydroxylation is 1. The molecule has 0 fully saturated rings. The van der Waals surface area contributed by atoms with E-state index in [-0.39, 0.29) is 24.1 Å². The van der Waals surface area contributed by atoms with Crippen molar-refractivity contribution in [2.75, 3.05) is 32.1 Å². The number of carbonyl (C=O) groups is 2. The molecule has 1 rings (SSSR count). The van der Waals surface area contributed by atoms with Crippen LogP contribution in [0.2, 0.25) is 5.02 Å². The van der Waals surface area contributed by atoms with Gasteiger partial charge in [-0.3, -0.25) is 4.79 Å². The van der Waals surface area contributed by atoms with Crippen LogP contribution in [0.3, 0.4) is 0 Å². The molecule has 1 aromatic carbocycles. The predicted octanol–water partition coefficient (Wildman–Crippen LogP) is 4.03. The fourth-order valence-electron chi connectivity index (χ4n) is 3.06. The predicted molar refractivity (Wildman–Crippen MR) is 102 cm³/mol. The van der Waals surface area contributed by atoms with Crippen LogP contribution in [-0.4, -0.2) is 49.1 Å². The zero-order valence-corrected chi connectivity index (χ0v) is 16.9. The van der Waals surface area contributed by atoms with Gasteiger partial charge in [0.1, 0.15) is 0 Å². The van der Waals surface area contributed by atoms with E-state index in [9.17, 15) is 9.59 Å². The SMILES string of the molecule is CCOC(=O)c1cc(Cl)cc(C)c1NC(=O)C(CC)[N+](C)(CC)CC. The van der Waals surface area contributed by atoms with Crippen molar-refractivity contribution < 1.29 is 18.8 Å². The van der Waals surface area contributed by atoms with Gasteiger partial charge in [-0.2, -0.15) is 0 Å². The lowest BCUT2D eigenvalue weighted by Gasteiger charge is -2.38. The van der Waals surface area contributed by atoms with Gasteiger partial charge in [0.05, 0.1) is 38.0 Å². The minimum atomic E-state index is -0.486. The standard InChI is InChI=1S/C19H29ClN2O3/c1-7-16(22(6,8-2)9-3)18(23)21-17-13(5)11-14(20)12-15(17)19(24)25-10-4/h11-12,16H,7-10H2,1-6H3/p+1. The van der Waals surface area contributed by atoms with Gasteiger partial charge in [0.2, 0.25) is 0 Å². The Bertz CT molecular complexity index is 627. The Morgan fingerprint density at radius 1 is 1.20 bits per heavy atom. The molecule has 1 aromatic rings. The number of carbonyl (C=O) groups excluding carboxylic acids is 2. The van der Waals surface area contributed by atoms with E-state index in [0.29, 0.717) is 21.6 Å². The molecule has 25 heavy (non-hydrogen) atoms. The number of quaternary nitrogens is 1. The first kappa shape index (κ1) is 21.5. The number of nitrogens with one attached hydrogen (secondary N) is 1. The summed E-state index contributed by atoms with van der Waals surface area (Å²) < 4.78 is 5.75. The third kappa shape index (κ3) is 4.95. The zero-order valence-electron chi connectivity index (χ0n) is 16.1. The van der Waals surface area contributed by atoms with Gasteiger partial charge < -0.3 is 14.5 Å². The maximum Gasteiger partial charge on any atom is 0.340 e. The van der Waals surface area contributed by atoms with Gasteiger partial charge in [-0.05, 0) is 45.4 Å². The van der Waals surface area contributed by atoms with E-state index in [1.165, 1.54) is 6.07 Å². The fourth-order valence-corrected chi connectivity index (χ4v) is 3.33. The molecule has 0 heterocycles. The van der Waals surface area contributed by atoms with E-state index in [1.807, 2.05) is 13.8 Å². The molecule has 1 atom stereocenters. The van der Waals surface area contributed by atoms with Gasteiger partial charge >= 0.3 is 5.97 Å². The number of hydrogen-bond acceptors (Lipinski definition) is 3. The number of benzene rings is 1. The smallest absolute Gasteiger partial charge is 0.340 e. The largest absolute Gasteiger partial charge is 0.462 e. The van der Waals surface area contributed by atoms with Crippen LogP contribution in [-0.2, 0) is 9.53 Å². The van der Waals surface area contributed by atoms with Gasteiger partial charge in [0.25, 0.3) is 5.91 Å². The van der Waals surface area contributed by atoms with E-state index >= 15 is 0 Å². The Balaban J connectivity index is 3.24. The molecule has 0 spiro atoms. The molecule has 1 unspecified atom stereocenters. The number of ether oxygens (including phenoxy) is 1. The first-order valence-electron chi connectivity index (χ1n) is 8.86. The summed E-state index contributed by atoms with van der Waals surface area (Å²) in [6.07, 6.45) is 0.714. The number of nitrogens with zero attached hydrogens (tertiary/aromatic N) is 1. The number of esters is 1. The van der Waals surface area contributed by atoms with Gasteiger partial charge in [0, 0.05) is 11.4 Å². The highest BCUT2D eigenvalue weighted by atomic mass is 35.5. The summed E-state index contributed by atoms with van der Waals surface area (Å²) in [5.74, 6) is -0.579. The Morgan fingerprint density at radius 3 is 2.28 bits per heavy atom.